The topological polar surface area (TPSA) is 53.2 Å². The average Bonchev–Trinajstić information content (AvgIpc) is 2.39. The zero-order valence-electron chi connectivity index (χ0n) is 9.49. The number of aromatic nitrogens is 1. The van der Waals surface area contributed by atoms with Crippen molar-refractivity contribution in [1.29, 1.82) is 0 Å². The van der Waals surface area contributed by atoms with Gasteiger partial charge >= 0.3 is 0 Å². The van der Waals surface area contributed by atoms with Crippen molar-refractivity contribution in [3.05, 3.63) is 34.2 Å². The van der Waals surface area contributed by atoms with Crippen molar-refractivity contribution in [3.8, 4) is 0 Å². The molecule has 0 radical (unpaired) electrons. The predicted octanol–water partition coefficient (Wildman–Crippen LogP) is 1.62. The fourth-order valence-corrected chi connectivity index (χ4v) is 2.66. The van der Waals surface area contributed by atoms with Crippen LogP contribution in [0.25, 0.3) is 0 Å². The summed E-state index contributed by atoms with van der Waals surface area (Å²) >= 11 is 3.48. The SMILES string of the molecule is O=C(c1ccc(=O)[nH]c1)N1CCC(CBr)CC1. The van der Waals surface area contributed by atoms with E-state index in [0.717, 1.165) is 31.3 Å². The summed E-state index contributed by atoms with van der Waals surface area (Å²) in [5.41, 5.74) is 0.376. The Balaban J connectivity index is 2.01. The van der Waals surface area contributed by atoms with Gasteiger partial charge in [0.15, 0.2) is 0 Å². The van der Waals surface area contributed by atoms with Gasteiger partial charge in [0.05, 0.1) is 5.56 Å². The minimum Gasteiger partial charge on any atom is -0.339 e. The molecule has 5 heteroatoms. The lowest BCUT2D eigenvalue weighted by molar-refractivity contribution is 0.0698. The van der Waals surface area contributed by atoms with Crippen molar-refractivity contribution >= 4 is 21.8 Å². The number of hydrogen-bond donors (Lipinski definition) is 1. The lowest BCUT2D eigenvalue weighted by atomic mass is 9.99. The Morgan fingerprint density at radius 2 is 2.12 bits per heavy atom. The lowest BCUT2D eigenvalue weighted by Gasteiger charge is -2.31. The predicted molar refractivity (Wildman–Crippen MR) is 69.5 cm³/mol. The Morgan fingerprint density at radius 3 is 2.65 bits per heavy atom. The first-order valence-corrected chi connectivity index (χ1v) is 6.87. The number of amides is 1. The first kappa shape index (κ1) is 12.4. The Kier molecular flexibility index (Phi) is 3.99. The van der Waals surface area contributed by atoms with Crippen LogP contribution in [0.5, 0.6) is 0 Å². The molecule has 1 aromatic heterocycles. The zero-order chi connectivity index (χ0) is 12.3. The van der Waals surface area contributed by atoms with Gasteiger partial charge in [0, 0.05) is 30.7 Å². The van der Waals surface area contributed by atoms with Crippen LogP contribution in [0.2, 0.25) is 0 Å². The van der Waals surface area contributed by atoms with Crippen LogP contribution in [-0.4, -0.2) is 34.2 Å². The molecule has 0 aromatic carbocycles. The minimum atomic E-state index is -0.181. The Labute approximate surface area is 108 Å². The van der Waals surface area contributed by atoms with Gasteiger partial charge in [-0.2, -0.15) is 0 Å². The number of likely N-dealkylation sites (tertiary alicyclic amines) is 1. The number of aromatic amines is 1. The quantitative estimate of drug-likeness (QED) is 0.844. The molecule has 1 fully saturated rings. The molecule has 0 unspecified atom stereocenters. The molecule has 0 atom stereocenters. The lowest BCUT2D eigenvalue weighted by Crippen LogP contribution is -2.39. The number of nitrogens with one attached hydrogen (secondary N) is 1. The third kappa shape index (κ3) is 2.97. The van der Waals surface area contributed by atoms with Crippen molar-refractivity contribution in [3.63, 3.8) is 0 Å². The van der Waals surface area contributed by atoms with Crippen LogP contribution in [0, 0.1) is 5.92 Å². The molecule has 0 bridgehead atoms. The number of carbonyl (C=O) groups excluding carboxylic acids is 1. The van der Waals surface area contributed by atoms with Crippen molar-refractivity contribution in [2.45, 2.75) is 12.8 Å². The molecule has 0 aliphatic carbocycles. The first-order chi connectivity index (χ1) is 8.20. The minimum absolute atomic E-state index is 0.00859. The third-order valence-electron chi connectivity index (χ3n) is 3.15. The van der Waals surface area contributed by atoms with E-state index in [-0.39, 0.29) is 11.5 Å². The number of halogens is 1. The van der Waals surface area contributed by atoms with Crippen LogP contribution in [0.1, 0.15) is 23.2 Å². The molecule has 1 aliphatic heterocycles. The number of piperidine rings is 1. The van der Waals surface area contributed by atoms with Gasteiger partial charge in [-0.3, -0.25) is 9.59 Å². The van der Waals surface area contributed by atoms with Gasteiger partial charge in [0.1, 0.15) is 0 Å². The van der Waals surface area contributed by atoms with Crippen LogP contribution in [0.15, 0.2) is 23.1 Å². The van der Waals surface area contributed by atoms with Crippen LogP contribution in [-0.2, 0) is 0 Å². The number of rotatable bonds is 2. The molecule has 92 valence electrons. The van der Waals surface area contributed by atoms with Gasteiger partial charge in [-0.05, 0) is 24.8 Å². The second kappa shape index (κ2) is 5.49. The molecule has 0 saturated carbocycles. The maximum absolute atomic E-state index is 12.1. The Bertz CT molecular complexity index is 430. The molecule has 4 nitrogen and oxygen atoms in total. The van der Waals surface area contributed by atoms with E-state index in [1.807, 2.05) is 4.90 Å². The second-order valence-corrected chi connectivity index (χ2v) is 4.98. The Morgan fingerprint density at radius 1 is 1.41 bits per heavy atom. The molecule has 2 rings (SSSR count). The largest absolute Gasteiger partial charge is 0.339 e. The molecule has 0 spiro atoms. The molecule has 1 N–H and O–H groups in total. The van der Waals surface area contributed by atoms with Crippen LogP contribution in [0.4, 0.5) is 0 Å². The summed E-state index contributed by atoms with van der Waals surface area (Å²) in [5, 5.41) is 1.01. The molecule has 2 heterocycles. The number of pyridine rings is 1. The molecule has 1 aromatic rings. The van der Waals surface area contributed by atoms with Crippen LogP contribution < -0.4 is 5.56 Å². The fourth-order valence-electron chi connectivity index (χ4n) is 2.02. The van der Waals surface area contributed by atoms with Crippen molar-refractivity contribution in [2.75, 3.05) is 18.4 Å². The van der Waals surface area contributed by atoms with Crippen molar-refractivity contribution in [1.82, 2.24) is 9.88 Å². The second-order valence-electron chi connectivity index (χ2n) is 4.33. The number of nitrogens with zero attached hydrogens (tertiary/aromatic N) is 1. The molecule has 1 saturated heterocycles. The summed E-state index contributed by atoms with van der Waals surface area (Å²) in [7, 11) is 0. The number of hydrogen-bond acceptors (Lipinski definition) is 2. The van der Waals surface area contributed by atoms with E-state index in [0.29, 0.717) is 11.5 Å². The van der Waals surface area contributed by atoms with Gasteiger partial charge in [-0.1, -0.05) is 15.9 Å². The van der Waals surface area contributed by atoms with Crippen molar-refractivity contribution in [2.24, 2.45) is 5.92 Å². The van der Waals surface area contributed by atoms with E-state index in [2.05, 4.69) is 20.9 Å². The van der Waals surface area contributed by atoms with E-state index in [9.17, 15) is 9.59 Å². The van der Waals surface area contributed by atoms with Crippen molar-refractivity contribution < 1.29 is 4.79 Å². The van der Waals surface area contributed by atoms with Crippen LogP contribution in [0.3, 0.4) is 0 Å². The molecular weight excluding hydrogens is 284 g/mol. The fraction of sp³-hybridized carbons (Fsp3) is 0.500. The number of alkyl halides is 1. The van der Waals surface area contributed by atoms with E-state index in [4.69, 9.17) is 0 Å². The molecule has 1 aliphatic rings. The van der Waals surface area contributed by atoms with Gasteiger partial charge in [0.25, 0.3) is 5.91 Å². The average molecular weight is 299 g/mol. The van der Waals surface area contributed by atoms with E-state index < -0.39 is 0 Å². The number of carbonyl (C=O) groups is 1. The summed E-state index contributed by atoms with van der Waals surface area (Å²) in [6.45, 7) is 1.60. The number of H-pyrrole nitrogens is 1. The molecule has 1 amide bonds. The summed E-state index contributed by atoms with van der Waals surface area (Å²) in [6.07, 6.45) is 3.57. The normalized spacial score (nSPS) is 17.1. The van der Waals surface area contributed by atoms with Gasteiger partial charge in [-0.15, -0.1) is 0 Å². The summed E-state index contributed by atoms with van der Waals surface area (Å²) in [5.74, 6) is 0.684. The summed E-state index contributed by atoms with van der Waals surface area (Å²) in [6, 6.07) is 2.97. The van der Waals surface area contributed by atoms with Gasteiger partial charge < -0.3 is 9.88 Å². The van der Waals surface area contributed by atoms with E-state index in [1.54, 1.807) is 6.07 Å². The highest BCUT2D eigenvalue weighted by molar-refractivity contribution is 9.09. The Hall–Kier alpha value is -1.10. The monoisotopic (exact) mass is 298 g/mol. The molecular formula is C12H15BrN2O2. The highest BCUT2D eigenvalue weighted by Crippen LogP contribution is 2.20. The highest BCUT2D eigenvalue weighted by Gasteiger charge is 2.22. The maximum atomic E-state index is 12.1. The van der Waals surface area contributed by atoms with Gasteiger partial charge in [-0.25, -0.2) is 0 Å². The third-order valence-corrected chi connectivity index (χ3v) is 4.07. The van der Waals surface area contributed by atoms with E-state index >= 15 is 0 Å². The first-order valence-electron chi connectivity index (χ1n) is 5.74. The van der Waals surface area contributed by atoms with E-state index in [1.165, 1.54) is 12.3 Å². The maximum Gasteiger partial charge on any atom is 0.255 e. The summed E-state index contributed by atoms with van der Waals surface area (Å²) in [4.78, 5) is 27.4. The molecule has 17 heavy (non-hydrogen) atoms. The zero-order valence-corrected chi connectivity index (χ0v) is 11.1. The summed E-state index contributed by atoms with van der Waals surface area (Å²) < 4.78 is 0. The van der Waals surface area contributed by atoms with Crippen LogP contribution >= 0.6 is 15.9 Å². The smallest absolute Gasteiger partial charge is 0.255 e. The standard InChI is InChI=1S/C12H15BrN2O2/c13-7-9-3-5-15(6-4-9)12(17)10-1-2-11(16)14-8-10/h1-2,8-9H,3-7H2,(H,14,16). The van der Waals surface area contributed by atoms with Gasteiger partial charge in [0.2, 0.25) is 5.56 Å². The highest BCUT2D eigenvalue weighted by atomic mass is 79.9.